The lowest BCUT2D eigenvalue weighted by Gasteiger charge is -2.29. The van der Waals surface area contributed by atoms with Crippen LogP contribution in [-0.2, 0) is 11.3 Å². The number of hydrogen-bond donors (Lipinski definition) is 1. The van der Waals surface area contributed by atoms with E-state index in [-0.39, 0.29) is 16.7 Å². The third-order valence-electron chi connectivity index (χ3n) is 4.06. The van der Waals surface area contributed by atoms with E-state index in [9.17, 15) is 10.1 Å². The highest BCUT2D eigenvalue weighted by molar-refractivity contribution is 5.65. The zero-order valence-corrected chi connectivity index (χ0v) is 12.1. The lowest BCUT2D eigenvalue weighted by atomic mass is 9.88. The predicted molar refractivity (Wildman–Crippen MR) is 78.9 cm³/mol. The Labute approximate surface area is 119 Å². The van der Waals surface area contributed by atoms with Crippen molar-refractivity contribution < 1.29 is 9.66 Å². The minimum absolute atomic E-state index is 0.102. The molecule has 1 aromatic rings. The summed E-state index contributed by atoms with van der Waals surface area (Å²) in [6.07, 6.45) is 5.05. The lowest BCUT2D eigenvalue weighted by molar-refractivity contribution is -0.384. The normalized spacial score (nSPS) is 22.5. The van der Waals surface area contributed by atoms with Crippen LogP contribution >= 0.6 is 0 Å². The minimum atomic E-state index is -0.363. The van der Waals surface area contributed by atoms with E-state index in [1.807, 2.05) is 6.07 Å². The van der Waals surface area contributed by atoms with Gasteiger partial charge in [-0.1, -0.05) is 31.9 Å². The maximum absolute atomic E-state index is 11.0. The topological polar surface area (TPSA) is 64.4 Å². The van der Waals surface area contributed by atoms with Gasteiger partial charge in [-0.15, -0.1) is 0 Å². The molecule has 0 saturated heterocycles. The Bertz CT molecular complexity index is 476. The first kappa shape index (κ1) is 14.8. The Morgan fingerprint density at radius 2 is 2.15 bits per heavy atom. The van der Waals surface area contributed by atoms with Crippen LogP contribution in [0.15, 0.2) is 18.2 Å². The van der Waals surface area contributed by atoms with Gasteiger partial charge in [-0.25, -0.2) is 0 Å². The number of para-hydroxylation sites is 1. The summed E-state index contributed by atoms with van der Waals surface area (Å²) in [5.41, 5.74) is 1.51. The summed E-state index contributed by atoms with van der Waals surface area (Å²) in [7, 11) is 1.70. The Balaban J connectivity index is 2.09. The second-order valence-corrected chi connectivity index (χ2v) is 5.43. The van der Waals surface area contributed by atoms with Gasteiger partial charge in [0.05, 0.1) is 17.6 Å². The van der Waals surface area contributed by atoms with Crippen molar-refractivity contribution in [2.45, 2.75) is 45.3 Å². The van der Waals surface area contributed by atoms with E-state index in [0.29, 0.717) is 18.2 Å². The molecule has 0 radical (unpaired) electrons. The van der Waals surface area contributed by atoms with Crippen LogP contribution in [0.1, 0.15) is 38.2 Å². The molecule has 0 aliphatic heterocycles. The highest BCUT2D eigenvalue weighted by Crippen LogP contribution is 2.31. The SMILES string of the molecule is CNc1c(COC2CCCCC2C)cccc1[N+](=O)[O-]. The van der Waals surface area contributed by atoms with Crippen molar-refractivity contribution in [2.24, 2.45) is 5.92 Å². The molecule has 110 valence electrons. The number of hydrogen-bond acceptors (Lipinski definition) is 4. The van der Waals surface area contributed by atoms with Crippen molar-refractivity contribution >= 4 is 11.4 Å². The molecule has 5 heteroatoms. The van der Waals surface area contributed by atoms with Crippen LogP contribution in [0.2, 0.25) is 0 Å². The first-order valence-electron chi connectivity index (χ1n) is 7.19. The number of nitro groups is 1. The third kappa shape index (κ3) is 3.28. The van der Waals surface area contributed by atoms with E-state index in [0.717, 1.165) is 12.0 Å². The van der Waals surface area contributed by atoms with Gasteiger partial charge in [0.25, 0.3) is 5.69 Å². The lowest BCUT2D eigenvalue weighted by Crippen LogP contribution is -2.25. The standard InChI is InChI=1S/C15H22N2O3/c1-11-6-3-4-9-14(11)20-10-12-7-5-8-13(17(18)19)15(12)16-2/h5,7-8,11,14,16H,3-4,6,9-10H2,1-2H3. The van der Waals surface area contributed by atoms with Gasteiger partial charge in [-0.3, -0.25) is 10.1 Å². The summed E-state index contributed by atoms with van der Waals surface area (Å²) in [6, 6.07) is 5.10. The van der Waals surface area contributed by atoms with E-state index in [2.05, 4.69) is 12.2 Å². The highest BCUT2D eigenvalue weighted by Gasteiger charge is 2.23. The van der Waals surface area contributed by atoms with Crippen molar-refractivity contribution in [1.82, 2.24) is 0 Å². The zero-order chi connectivity index (χ0) is 14.5. The van der Waals surface area contributed by atoms with Gasteiger partial charge in [0.15, 0.2) is 0 Å². The van der Waals surface area contributed by atoms with E-state index in [4.69, 9.17) is 4.74 Å². The Morgan fingerprint density at radius 3 is 2.80 bits per heavy atom. The summed E-state index contributed by atoms with van der Waals surface area (Å²) in [5.74, 6) is 0.570. The molecule has 20 heavy (non-hydrogen) atoms. The Hall–Kier alpha value is -1.62. The number of nitrogens with one attached hydrogen (secondary N) is 1. The van der Waals surface area contributed by atoms with E-state index in [1.165, 1.54) is 25.3 Å². The molecule has 0 heterocycles. The molecule has 2 rings (SSSR count). The maximum atomic E-state index is 11.0. The molecule has 5 nitrogen and oxygen atoms in total. The average Bonchev–Trinajstić information content (AvgIpc) is 2.45. The van der Waals surface area contributed by atoms with E-state index in [1.54, 1.807) is 13.1 Å². The van der Waals surface area contributed by atoms with Crippen molar-refractivity contribution in [1.29, 1.82) is 0 Å². The molecule has 1 N–H and O–H groups in total. The molecule has 0 aromatic heterocycles. The fraction of sp³-hybridized carbons (Fsp3) is 0.600. The molecule has 0 bridgehead atoms. The third-order valence-corrected chi connectivity index (χ3v) is 4.06. The predicted octanol–water partition coefficient (Wildman–Crippen LogP) is 3.73. The smallest absolute Gasteiger partial charge is 0.292 e. The summed E-state index contributed by atoms with van der Waals surface area (Å²) in [5, 5.41) is 13.9. The second-order valence-electron chi connectivity index (χ2n) is 5.43. The molecular weight excluding hydrogens is 256 g/mol. The van der Waals surface area contributed by atoms with Gasteiger partial charge in [0, 0.05) is 18.7 Å². The first-order chi connectivity index (χ1) is 9.63. The molecule has 1 aliphatic carbocycles. The van der Waals surface area contributed by atoms with Crippen LogP contribution < -0.4 is 5.32 Å². The summed E-state index contributed by atoms with van der Waals surface area (Å²) >= 11 is 0. The maximum Gasteiger partial charge on any atom is 0.292 e. The largest absolute Gasteiger partial charge is 0.382 e. The van der Waals surface area contributed by atoms with E-state index < -0.39 is 0 Å². The van der Waals surface area contributed by atoms with Crippen LogP contribution in [0.3, 0.4) is 0 Å². The Kier molecular flexibility index (Phi) is 4.95. The molecule has 2 unspecified atom stereocenters. The minimum Gasteiger partial charge on any atom is -0.382 e. The fourth-order valence-corrected chi connectivity index (χ4v) is 2.87. The molecule has 2 atom stereocenters. The van der Waals surface area contributed by atoms with Crippen LogP contribution in [-0.4, -0.2) is 18.1 Å². The summed E-state index contributed by atoms with van der Waals surface area (Å²) < 4.78 is 6.00. The van der Waals surface area contributed by atoms with Gasteiger partial charge in [-0.2, -0.15) is 0 Å². The number of nitrogens with zero attached hydrogens (tertiary/aromatic N) is 1. The number of anilines is 1. The Morgan fingerprint density at radius 1 is 1.40 bits per heavy atom. The molecule has 1 saturated carbocycles. The number of rotatable bonds is 5. The monoisotopic (exact) mass is 278 g/mol. The van der Waals surface area contributed by atoms with Crippen LogP contribution in [0.5, 0.6) is 0 Å². The fourth-order valence-electron chi connectivity index (χ4n) is 2.87. The second kappa shape index (κ2) is 6.70. The number of nitro benzene ring substituents is 1. The molecule has 1 fully saturated rings. The van der Waals surface area contributed by atoms with Crippen LogP contribution in [0.4, 0.5) is 11.4 Å². The summed E-state index contributed by atoms with van der Waals surface area (Å²) in [6.45, 7) is 2.64. The van der Waals surface area contributed by atoms with Gasteiger partial charge in [0.1, 0.15) is 5.69 Å². The molecule has 0 spiro atoms. The van der Waals surface area contributed by atoms with E-state index >= 15 is 0 Å². The number of benzene rings is 1. The highest BCUT2D eigenvalue weighted by atomic mass is 16.6. The molecule has 0 amide bonds. The zero-order valence-electron chi connectivity index (χ0n) is 12.1. The van der Waals surface area contributed by atoms with Gasteiger partial charge < -0.3 is 10.1 Å². The average molecular weight is 278 g/mol. The molecule has 1 aliphatic rings. The van der Waals surface area contributed by atoms with Crippen molar-refractivity contribution in [2.75, 3.05) is 12.4 Å². The van der Waals surface area contributed by atoms with Crippen LogP contribution in [0.25, 0.3) is 0 Å². The molecule has 1 aromatic carbocycles. The van der Waals surface area contributed by atoms with Gasteiger partial charge in [-0.05, 0) is 18.8 Å². The summed E-state index contributed by atoms with van der Waals surface area (Å²) in [4.78, 5) is 10.7. The van der Waals surface area contributed by atoms with Gasteiger partial charge >= 0.3 is 0 Å². The van der Waals surface area contributed by atoms with Crippen molar-refractivity contribution in [3.63, 3.8) is 0 Å². The van der Waals surface area contributed by atoms with Gasteiger partial charge in [0.2, 0.25) is 0 Å². The van der Waals surface area contributed by atoms with Crippen molar-refractivity contribution in [3.05, 3.63) is 33.9 Å². The van der Waals surface area contributed by atoms with Crippen LogP contribution in [0, 0.1) is 16.0 Å². The quantitative estimate of drug-likeness (QED) is 0.658. The first-order valence-corrected chi connectivity index (χ1v) is 7.19. The van der Waals surface area contributed by atoms with Crippen molar-refractivity contribution in [3.8, 4) is 0 Å². The number of ether oxygens (including phenoxy) is 1. The molecular formula is C15H22N2O3.